The van der Waals surface area contributed by atoms with Crippen molar-refractivity contribution in [3.05, 3.63) is 29.5 Å². The molecule has 2 aliphatic heterocycles. The SMILES string of the molecule is CC(C)[Si](Oc1cc(/C=C(/NC(=O)OC(C)(C)C)C(=O)N2CCC[C@@H](C(=O)O)N2)cc(B2OC(C)(C)C(C)(C)O2)c1)(C(C)C)C(C)C. The molecule has 0 radical (unpaired) electrons. The van der Waals surface area contributed by atoms with Gasteiger partial charge in [0.2, 0.25) is 0 Å². The molecule has 0 aliphatic carbocycles. The van der Waals surface area contributed by atoms with E-state index in [0.29, 0.717) is 46.2 Å². The van der Waals surface area contributed by atoms with Gasteiger partial charge in [0, 0.05) is 6.54 Å². The third-order valence-electron chi connectivity index (χ3n) is 9.38. The van der Waals surface area contributed by atoms with Crippen LogP contribution in [0.25, 0.3) is 6.08 Å². The molecule has 2 amide bonds. The molecule has 13 heteroatoms. The largest absolute Gasteiger partial charge is 0.543 e. The maximum absolute atomic E-state index is 13.9. The number of carbonyl (C=O) groups excluding carboxylic acids is 2. The second kappa shape index (κ2) is 14.3. The Labute approximate surface area is 282 Å². The lowest BCUT2D eigenvalue weighted by molar-refractivity contribution is -0.145. The molecule has 262 valence electrons. The Morgan fingerprint density at radius 1 is 1.02 bits per heavy atom. The summed E-state index contributed by atoms with van der Waals surface area (Å²) < 4.78 is 25.4. The number of benzene rings is 1. The van der Waals surface area contributed by atoms with Crippen molar-refractivity contribution >= 4 is 44.9 Å². The zero-order valence-electron chi connectivity index (χ0n) is 30.6. The van der Waals surface area contributed by atoms with Gasteiger partial charge in [-0.2, -0.15) is 0 Å². The predicted molar refractivity (Wildman–Crippen MR) is 187 cm³/mol. The third-order valence-corrected chi connectivity index (χ3v) is 15.4. The van der Waals surface area contributed by atoms with Crippen molar-refractivity contribution in [2.24, 2.45) is 0 Å². The van der Waals surface area contributed by atoms with Gasteiger partial charge in [-0.1, -0.05) is 47.6 Å². The minimum Gasteiger partial charge on any atom is -0.543 e. The lowest BCUT2D eigenvalue weighted by Crippen LogP contribution is -2.56. The van der Waals surface area contributed by atoms with E-state index in [0.717, 1.165) is 0 Å². The minimum absolute atomic E-state index is 0.0881. The molecule has 0 aromatic heterocycles. The molecule has 1 aromatic rings. The number of carbonyl (C=O) groups is 3. The molecule has 0 unspecified atom stereocenters. The Balaban J connectivity index is 2.19. The summed E-state index contributed by atoms with van der Waals surface area (Å²) in [7, 11) is -3.11. The molecule has 2 fully saturated rings. The van der Waals surface area contributed by atoms with Crippen molar-refractivity contribution in [3.8, 4) is 5.75 Å². The van der Waals surface area contributed by atoms with E-state index in [-0.39, 0.29) is 12.2 Å². The van der Waals surface area contributed by atoms with Crippen LogP contribution in [0.1, 0.15) is 108 Å². The van der Waals surface area contributed by atoms with Crippen LogP contribution in [0.3, 0.4) is 0 Å². The smallest absolute Gasteiger partial charge is 0.494 e. The Hall–Kier alpha value is -2.87. The standard InChI is InChI=1S/C34H56BN3O8Si/c1-21(2)47(22(3)4,23(5)6)44-26-18-24(17-25(20-26)35-45-33(10,11)34(12,13)46-35)19-28(36-31(42)43-32(7,8)9)29(39)38-16-14-15-27(37-38)30(40)41/h17-23,27,37H,14-16H2,1-13H3,(H,36,42)(H,40,41)/b28-19+/t27-/m0/s1. The molecule has 2 aliphatic rings. The Morgan fingerprint density at radius 3 is 2.06 bits per heavy atom. The van der Waals surface area contributed by atoms with Gasteiger partial charge in [-0.25, -0.2) is 10.2 Å². The van der Waals surface area contributed by atoms with E-state index in [2.05, 4.69) is 52.3 Å². The topological polar surface area (TPSA) is 136 Å². The van der Waals surface area contributed by atoms with E-state index < -0.39 is 56.3 Å². The number of carboxylic acid groups (broad SMARTS) is 1. The van der Waals surface area contributed by atoms with Crippen molar-refractivity contribution in [1.29, 1.82) is 0 Å². The molecular formula is C34H56BN3O8Si. The summed E-state index contributed by atoms with van der Waals surface area (Å²) in [6.07, 6.45) is 1.61. The van der Waals surface area contributed by atoms with Gasteiger partial charge in [0.1, 0.15) is 23.1 Å². The number of nitrogens with one attached hydrogen (secondary N) is 2. The highest BCUT2D eigenvalue weighted by atomic mass is 28.4. The van der Waals surface area contributed by atoms with Gasteiger partial charge in [-0.3, -0.25) is 19.9 Å². The third kappa shape index (κ3) is 8.98. The first-order valence-electron chi connectivity index (χ1n) is 16.7. The van der Waals surface area contributed by atoms with E-state index in [9.17, 15) is 19.5 Å². The average Bonchev–Trinajstić information content (AvgIpc) is 3.15. The summed E-state index contributed by atoms with van der Waals surface area (Å²) in [5.74, 6) is -1.03. The van der Waals surface area contributed by atoms with E-state index in [1.54, 1.807) is 26.8 Å². The summed E-state index contributed by atoms with van der Waals surface area (Å²) in [6, 6.07) is 4.73. The van der Waals surface area contributed by atoms with Crippen molar-refractivity contribution in [1.82, 2.24) is 15.8 Å². The molecule has 3 N–H and O–H groups in total. The first-order chi connectivity index (χ1) is 21.5. The van der Waals surface area contributed by atoms with E-state index >= 15 is 0 Å². The lowest BCUT2D eigenvalue weighted by atomic mass is 9.78. The van der Waals surface area contributed by atoms with Crippen LogP contribution in [-0.2, 0) is 23.6 Å². The number of ether oxygens (including phenoxy) is 1. The zero-order chi connectivity index (χ0) is 35.7. The van der Waals surface area contributed by atoms with E-state index in [4.69, 9.17) is 18.5 Å². The molecule has 11 nitrogen and oxygen atoms in total. The van der Waals surface area contributed by atoms with Crippen LogP contribution < -0.4 is 20.6 Å². The van der Waals surface area contributed by atoms with Crippen molar-refractivity contribution in [2.75, 3.05) is 6.54 Å². The number of rotatable bonds is 10. The van der Waals surface area contributed by atoms with Gasteiger partial charge in [-0.05, 0) is 107 Å². The molecule has 47 heavy (non-hydrogen) atoms. The van der Waals surface area contributed by atoms with Gasteiger partial charge < -0.3 is 23.6 Å². The molecule has 0 saturated carbocycles. The first-order valence-corrected chi connectivity index (χ1v) is 18.8. The molecule has 3 rings (SSSR count). The Bertz CT molecular complexity index is 1320. The van der Waals surface area contributed by atoms with Crippen LogP contribution in [0, 0.1) is 0 Å². The van der Waals surface area contributed by atoms with Crippen molar-refractivity contribution < 1.29 is 38.0 Å². The van der Waals surface area contributed by atoms with Crippen molar-refractivity contribution in [2.45, 2.75) is 142 Å². The number of amides is 2. The van der Waals surface area contributed by atoms with Crippen LogP contribution in [0.5, 0.6) is 5.75 Å². The molecule has 0 spiro atoms. The van der Waals surface area contributed by atoms with Crippen LogP contribution in [0.15, 0.2) is 23.9 Å². The maximum atomic E-state index is 13.9. The van der Waals surface area contributed by atoms with Crippen LogP contribution in [0.2, 0.25) is 16.6 Å². The van der Waals surface area contributed by atoms with E-state index in [1.165, 1.54) is 5.01 Å². The first kappa shape index (κ1) is 38.6. The number of hydrogen-bond donors (Lipinski definition) is 3. The van der Waals surface area contributed by atoms with Gasteiger partial charge in [0.15, 0.2) is 0 Å². The fraction of sp³-hybridized carbons (Fsp3) is 0.676. The fourth-order valence-electron chi connectivity index (χ4n) is 6.45. The summed E-state index contributed by atoms with van der Waals surface area (Å²) in [4.78, 5) is 38.7. The zero-order valence-corrected chi connectivity index (χ0v) is 31.6. The predicted octanol–water partition coefficient (Wildman–Crippen LogP) is 5.99. The van der Waals surface area contributed by atoms with Gasteiger partial charge in [0.05, 0.1) is 11.2 Å². The van der Waals surface area contributed by atoms with Crippen LogP contribution in [0.4, 0.5) is 4.79 Å². The van der Waals surface area contributed by atoms with Crippen molar-refractivity contribution in [3.63, 3.8) is 0 Å². The van der Waals surface area contributed by atoms with E-state index in [1.807, 2.05) is 45.9 Å². The minimum atomic E-state index is -2.40. The number of hydrazine groups is 1. The number of alkyl carbamates (subject to hydrolysis) is 1. The normalized spacial score (nSPS) is 20.2. The molecule has 2 heterocycles. The number of carboxylic acids is 1. The van der Waals surface area contributed by atoms with Gasteiger partial charge in [-0.15, -0.1) is 0 Å². The van der Waals surface area contributed by atoms with Crippen LogP contribution >= 0.6 is 0 Å². The second-order valence-electron chi connectivity index (χ2n) is 15.6. The highest BCUT2D eigenvalue weighted by molar-refractivity contribution is 6.78. The lowest BCUT2D eigenvalue weighted by Gasteiger charge is -2.42. The number of aliphatic carboxylic acids is 1. The highest BCUT2D eigenvalue weighted by Gasteiger charge is 2.52. The number of hydrogen-bond acceptors (Lipinski definition) is 8. The second-order valence-corrected chi connectivity index (χ2v) is 21.0. The maximum Gasteiger partial charge on any atom is 0.494 e. The molecule has 1 atom stereocenters. The summed E-state index contributed by atoms with van der Waals surface area (Å²) in [5.41, 5.74) is 2.90. The summed E-state index contributed by atoms with van der Waals surface area (Å²) in [5, 5.41) is 13.5. The molecule has 2 saturated heterocycles. The molecule has 1 aromatic carbocycles. The Kier molecular flexibility index (Phi) is 11.8. The van der Waals surface area contributed by atoms with Gasteiger partial charge >= 0.3 is 19.2 Å². The summed E-state index contributed by atoms with van der Waals surface area (Å²) >= 11 is 0. The Morgan fingerprint density at radius 2 is 1.57 bits per heavy atom. The molecular weight excluding hydrogens is 617 g/mol. The molecule has 0 bridgehead atoms. The quantitative estimate of drug-likeness (QED) is 0.202. The monoisotopic (exact) mass is 673 g/mol. The number of nitrogens with zero attached hydrogens (tertiary/aromatic N) is 1. The summed E-state index contributed by atoms with van der Waals surface area (Å²) in [6.45, 7) is 26.7. The average molecular weight is 674 g/mol. The van der Waals surface area contributed by atoms with Crippen LogP contribution in [-0.4, -0.2) is 72.9 Å². The fourth-order valence-corrected chi connectivity index (χ4v) is 11.7. The van der Waals surface area contributed by atoms with Gasteiger partial charge in [0.25, 0.3) is 14.2 Å². The highest BCUT2D eigenvalue weighted by Crippen LogP contribution is 2.43.